The Morgan fingerprint density at radius 1 is 1.33 bits per heavy atom. The molecule has 1 aliphatic heterocycles. The van der Waals surface area contributed by atoms with Crippen molar-refractivity contribution in [3.8, 4) is 22.8 Å². The molecule has 2 heterocycles. The second-order valence-electron chi connectivity index (χ2n) is 10.9. The number of hydrogen-bond acceptors (Lipinski definition) is 10. The number of methoxy groups -OCH3 is 1. The maximum atomic E-state index is 13.8. The zero-order chi connectivity index (χ0) is 30.9. The molecule has 1 amide bonds. The van der Waals surface area contributed by atoms with Gasteiger partial charge in [-0.2, -0.15) is 5.10 Å². The third-order valence-electron chi connectivity index (χ3n) is 8.07. The maximum absolute atomic E-state index is 13.8. The van der Waals surface area contributed by atoms with Crippen molar-refractivity contribution >= 4 is 24.1 Å². The van der Waals surface area contributed by atoms with Gasteiger partial charge in [-0.15, -0.1) is 0 Å². The van der Waals surface area contributed by atoms with E-state index in [1.807, 2.05) is 6.92 Å². The van der Waals surface area contributed by atoms with Gasteiger partial charge in [0, 0.05) is 35.5 Å². The number of ether oxygens (including phenoxy) is 2. The number of hydrazine groups is 1. The van der Waals surface area contributed by atoms with Gasteiger partial charge in [0.1, 0.15) is 41.3 Å². The lowest BCUT2D eigenvalue weighted by Crippen LogP contribution is -2.49. The molecule has 13 heteroatoms. The van der Waals surface area contributed by atoms with Crippen LogP contribution in [0.15, 0.2) is 52.6 Å². The molecule has 5 rings (SSSR count). The van der Waals surface area contributed by atoms with E-state index >= 15 is 0 Å². The van der Waals surface area contributed by atoms with Crippen LogP contribution in [0.5, 0.6) is 11.5 Å². The molecule has 8 N–H and O–H groups in total. The maximum Gasteiger partial charge on any atom is 0.251 e. The molecule has 1 aliphatic carbocycles. The Balaban J connectivity index is 1.56. The van der Waals surface area contributed by atoms with E-state index in [2.05, 4.69) is 15.4 Å². The van der Waals surface area contributed by atoms with Crippen molar-refractivity contribution in [3.63, 3.8) is 0 Å². The van der Waals surface area contributed by atoms with Crippen molar-refractivity contribution in [1.82, 2.24) is 15.3 Å². The average molecular weight is 591 g/mol. The van der Waals surface area contributed by atoms with Crippen molar-refractivity contribution in [2.24, 2.45) is 27.7 Å². The van der Waals surface area contributed by atoms with E-state index in [-0.39, 0.29) is 24.6 Å². The minimum absolute atomic E-state index is 0.136. The van der Waals surface area contributed by atoms with Crippen LogP contribution in [0.4, 0.5) is 10.1 Å². The molecule has 12 nitrogen and oxygen atoms in total. The molecule has 2 aliphatic rings. The van der Waals surface area contributed by atoms with Crippen LogP contribution in [0.25, 0.3) is 11.3 Å². The van der Waals surface area contributed by atoms with Crippen LogP contribution in [0, 0.1) is 11.7 Å². The fraction of sp³-hybridized carbons (Fsp3) is 0.333. The molecule has 2 atom stereocenters. The van der Waals surface area contributed by atoms with E-state index in [0.29, 0.717) is 45.3 Å². The van der Waals surface area contributed by atoms with E-state index < -0.39 is 22.9 Å². The number of hydrazone groups is 1. The molecule has 3 aromatic rings. The van der Waals surface area contributed by atoms with Gasteiger partial charge in [0.15, 0.2) is 5.75 Å². The molecule has 0 saturated heterocycles. The van der Waals surface area contributed by atoms with Crippen LogP contribution in [0.1, 0.15) is 46.9 Å². The summed E-state index contributed by atoms with van der Waals surface area (Å²) in [5.41, 5.74) is 6.79. The van der Waals surface area contributed by atoms with E-state index in [1.165, 1.54) is 42.9 Å². The van der Waals surface area contributed by atoms with Crippen molar-refractivity contribution in [2.75, 3.05) is 33.0 Å². The third-order valence-corrected chi connectivity index (χ3v) is 8.07. The topological polar surface area (TPSA) is 187 Å². The van der Waals surface area contributed by atoms with E-state index in [4.69, 9.17) is 31.9 Å². The SMILES string of the molecule is CN=Cc1cc(C(=O)NC[C@](O)(c2cc3c(c(-c4ccc(F)cc4)n2)OC[C@]3(C)N(N)/C=N\N)C2CC2)cc(OC)c1N. The minimum Gasteiger partial charge on any atom is -0.495 e. The van der Waals surface area contributed by atoms with E-state index in [1.54, 1.807) is 31.3 Å². The Bertz CT molecular complexity index is 1590. The lowest BCUT2D eigenvalue weighted by molar-refractivity contribution is 0.00939. The first-order valence-electron chi connectivity index (χ1n) is 13.7. The lowest BCUT2D eigenvalue weighted by Gasteiger charge is -2.33. The summed E-state index contributed by atoms with van der Waals surface area (Å²) in [6.45, 7) is 1.86. The number of nitrogens with zero attached hydrogens (tertiary/aromatic N) is 4. The number of halogens is 1. The predicted molar refractivity (Wildman–Crippen MR) is 161 cm³/mol. The highest BCUT2D eigenvalue weighted by atomic mass is 19.1. The van der Waals surface area contributed by atoms with Crippen LogP contribution in [0.2, 0.25) is 0 Å². The Morgan fingerprint density at radius 3 is 2.67 bits per heavy atom. The smallest absolute Gasteiger partial charge is 0.251 e. The first-order chi connectivity index (χ1) is 20.5. The molecular weight excluding hydrogens is 555 g/mol. The standard InChI is InChI=1S/C30H35FN8O4/c1-29(39(34)16-37-33)15-43-27-22(29)12-24(38-26(27)17-4-8-21(31)9-5-17)30(41,20-6-7-20)14-36-28(40)18-10-19(13-35-2)25(32)23(11-18)42-3/h4-5,8-13,16,20,41H,6-7,14-15,32-34H2,1-3H3,(H,36,40)/b35-13?,37-16-/t29-,30+/m0/s1. The number of anilines is 1. The molecule has 0 radical (unpaired) electrons. The van der Waals surface area contributed by atoms with Gasteiger partial charge in [-0.25, -0.2) is 15.2 Å². The fourth-order valence-electron chi connectivity index (χ4n) is 5.32. The zero-order valence-electron chi connectivity index (χ0n) is 24.2. The number of nitrogens with two attached hydrogens (primary N) is 3. The number of aromatic nitrogens is 1. The first kappa shape index (κ1) is 29.7. The molecule has 226 valence electrons. The van der Waals surface area contributed by atoms with Crippen molar-refractivity contribution < 1.29 is 23.8 Å². The summed E-state index contributed by atoms with van der Waals surface area (Å²) in [5, 5.41) is 20.0. The molecule has 1 aromatic heterocycles. The Hall–Kier alpha value is -4.75. The average Bonchev–Trinajstić information content (AvgIpc) is 3.81. The highest BCUT2D eigenvalue weighted by Crippen LogP contribution is 2.50. The molecule has 0 bridgehead atoms. The first-order valence-corrected chi connectivity index (χ1v) is 13.7. The summed E-state index contributed by atoms with van der Waals surface area (Å²) >= 11 is 0. The van der Waals surface area contributed by atoms with Crippen LogP contribution >= 0.6 is 0 Å². The Morgan fingerprint density at radius 2 is 2.05 bits per heavy atom. The van der Waals surface area contributed by atoms with E-state index in [9.17, 15) is 14.3 Å². The lowest BCUT2D eigenvalue weighted by atomic mass is 9.86. The molecule has 1 saturated carbocycles. The zero-order valence-corrected chi connectivity index (χ0v) is 24.2. The number of carbonyl (C=O) groups is 1. The van der Waals surface area contributed by atoms with Crippen LogP contribution < -0.4 is 32.2 Å². The molecular formula is C30H35FN8O4. The van der Waals surface area contributed by atoms with Crippen LogP contribution in [0.3, 0.4) is 0 Å². The number of nitrogens with one attached hydrogen (secondary N) is 1. The molecule has 0 spiro atoms. The van der Waals surface area contributed by atoms with Gasteiger partial charge in [0.2, 0.25) is 0 Å². The molecule has 1 fully saturated rings. The predicted octanol–water partition coefficient (Wildman–Crippen LogP) is 2.24. The number of pyridine rings is 1. The highest BCUT2D eigenvalue weighted by molar-refractivity contribution is 5.99. The van der Waals surface area contributed by atoms with Gasteiger partial charge >= 0.3 is 0 Å². The number of aliphatic imine (C=N–C) groups is 1. The van der Waals surface area contributed by atoms with Gasteiger partial charge in [0.25, 0.3) is 5.91 Å². The van der Waals surface area contributed by atoms with Gasteiger partial charge in [0.05, 0.1) is 25.0 Å². The monoisotopic (exact) mass is 590 g/mol. The quantitative estimate of drug-likeness (QED) is 0.0776. The number of nitrogen functional groups attached to an aromatic ring is 1. The highest BCUT2D eigenvalue weighted by Gasteiger charge is 2.49. The van der Waals surface area contributed by atoms with Crippen molar-refractivity contribution in [1.29, 1.82) is 0 Å². The largest absolute Gasteiger partial charge is 0.495 e. The summed E-state index contributed by atoms with van der Waals surface area (Å²) in [6, 6.07) is 10.7. The summed E-state index contributed by atoms with van der Waals surface area (Å²) < 4.78 is 25.3. The van der Waals surface area contributed by atoms with E-state index in [0.717, 1.165) is 12.8 Å². The second kappa shape index (κ2) is 11.5. The van der Waals surface area contributed by atoms with Crippen molar-refractivity contribution in [2.45, 2.75) is 30.9 Å². The Kier molecular flexibility index (Phi) is 7.95. The third kappa shape index (κ3) is 5.44. The van der Waals surface area contributed by atoms with Crippen molar-refractivity contribution in [3.05, 3.63) is 70.7 Å². The normalized spacial score (nSPS) is 19.2. The minimum atomic E-state index is -1.55. The van der Waals surface area contributed by atoms with Crippen LogP contribution in [-0.4, -0.2) is 60.9 Å². The number of amides is 1. The summed E-state index contributed by atoms with van der Waals surface area (Å²) in [4.78, 5) is 22.2. The summed E-state index contributed by atoms with van der Waals surface area (Å²) in [5.74, 6) is 11.5. The summed E-state index contributed by atoms with van der Waals surface area (Å²) in [6.07, 6.45) is 4.29. The second-order valence-corrected chi connectivity index (χ2v) is 10.9. The number of carbonyl (C=O) groups excluding carboxylic acids is 1. The van der Waals surface area contributed by atoms with Gasteiger partial charge in [-0.05, 0) is 68.1 Å². The van der Waals surface area contributed by atoms with Crippen LogP contribution in [-0.2, 0) is 11.1 Å². The fourth-order valence-corrected chi connectivity index (χ4v) is 5.32. The molecule has 0 unspecified atom stereocenters. The number of hydrogen-bond donors (Lipinski definition) is 5. The number of benzene rings is 2. The van der Waals surface area contributed by atoms with Gasteiger partial charge in [-0.3, -0.25) is 14.8 Å². The molecule has 2 aromatic carbocycles. The van der Waals surface area contributed by atoms with Gasteiger partial charge in [-0.1, -0.05) is 0 Å². The van der Waals surface area contributed by atoms with Gasteiger partial charge < -0.3 is 31.5 Å². The number of rotatable bonds is 10. The summed E-state index contributed by atoms with van der Waals surface area (Å²) in [7, 11) is 3.06. The molecule has 43 heavy (non-hydrogen) atoms. The number of fused-ring (bicyclic) bond motifs is 1. The Labute approximate surface area is 248 Å². The number of aliphatic hydroxyl groups is 1.